The number of carbonyl (C=O) groups is 1. The van der Waals surface area contributed by atoms with Gasteiger partial charge in [0, 0.05) is 31.6 Å². The molecule has 0 radical (unpaired) electrons. The molecule has 0 spiro atoms. The standard InChI is InChI=1S/C25H23F6IN2O/c1-4-7-33-8-9-34(23(32,15-33)14-18-6-5-16(2)17(3)10-18)22(35)19-11-20(24(26,27)28)13-21(12-19)25(29,30)31/h1,5-6,10-13H,7-9,14-15H2,2-3H3/t23-/m0/s1. The summed E-state index contributed by atoms with van der Waals surface area (Å²) in [5, 5.41) is 0. The Labute approximate surface area is 213 Å². The van der Waals surface area contributed by atoms with Crippen molar-refractivity contribution in [3.63, 3.8) is 0 Å². The molecular weight excluding hydrogens is 585 g/mol. The van der Waals surface area contributed by atoms with E-state index in [0.717, 1.165) is 16.7 Å². The first-order valence-corrected chi connectivity index (χ1v) is 11.7. The van der Waals surface area contributed by atoms with Crippen LogP contribution in [0.3, 0.4) is 0 Å². The fraction of sp³-hybridized carbons (Fsp3) is 0.400. The molecular formula is C25H23F6IN2O. The Morgan fingerprint density at radius 1 is 1.00 bits per heavy atom. The molecule has 10 heteroatoms. The second-order valence-corrected chi connectivity index (χ2v) is 10.7. The van der Waals surface area contributed by atoms with Gasteiger partial charge in [0.15, 0.2) is 0 Å². The van der Waals surface area contributed by atoms with Crippen LogP contribution in [-0.2, 0) is 18.8 Å². The maximum Gasteiger partial charge on any atom is 0.416 e. The zero-order chi connectivity index (χ0) is 26.2. The minimum atomic E-state index is -5.04. The molecule has 0 unspecified atom stereocenters. The number of nitrogens with zero attached hydrogens (tertiary/aromatic N) is 2. The zero-order valence-electron chi connectivity index (χ0n) is 19.0. The van der Waals surface area contributed by atoms with Crippen LogP contribution in [0, 0.1) is 26.2 Å². The lowest BCUT2D eigenvalue weighted by molar-refractivity contribution is -0.143. The first-order valence-electron chi connectivity index (χ1n) is 10.7. The number of aryl methyl sites for hydroxylation is 2. The highest BCUT2D eigenvalue weighted by Gasteiger charge is 2.44. The lowest BCUT2D eigenvalue weighted by atomic mass is 9.97. The summed E-state index contributed by atoms with van der Waals surface area (Å²) in [6.45, 7) is 4.96. The lowest BCUT2D eigenvalue weighted by Crippen LogP contribution is -2.61. The van der Waals surface area contributed by atoms with E-state index in [2.05, 4.69) is 28.5 Å². The van der Waals surface area contributed by atoms with E-state index in [1.54, 1.807) is 0 Å². The molecule has 0 aliphatic carbocycles. The number of alkyl halides is 7. The van der Waals surface area contributed by atoms with Gasteiger partial charge in [0.2, 0.25) is 0 Å². The Balaban J connectivity index is 2.05. The van der Waals surface area contributed by atoms with Gasteiger partial charge in [0.1, 0.15) is 3.55 Å². The molecule has 1 amide bonds. The Morgan fingerprint density at radius 3 is 2.11 bits per heavy atom. The normalized spacial score (nSPS) is 19.5. The smallest absolute Gasteiger partial charge is 0.321 e. The molecule has 1 aliphatic heterocycles. The topological polar surface area (TPSA) is 23.6 Å². The highest BCUT2D eigenvalue weighted by Crippen LogP contribution is 2.39. The van der Waals surface area contributed by atoms with Crippen molar-refractivity contribution in [3.8, 4) is 12.3 Å². The van der Waals surface area contributed by atoms with Gasteiger partial charge in [0.05, 0.1) is 17.7 Å². The highest BCUT2D eigenvalue weighted by molar-refractivity contribution is 14.1. The van der Waals surface area contributed by atoms with Gasteiger partial charge >= 0.3 is 12.4 Å². The van der Waals surface area contributed by atoms with Crippen molar-refractivity contribution < 1.29 is 31.1 Å². The van der Waals surface area contributed by atoms with Crippen LogP contribution in [-0.4, -0.2) is 45.4 Å². The molecule has 1 atom stereocenters. The Morgan fingerprint density at radius 2 is 1.60 bits per heavy atom. The number of hydrogen-bond acceptors (Lipinski definition) is 2. The van der Waals surface area contributed by atoms with E-state index < -0.39 is 38.5 Å². The minimum Gasteiger partial charge on any atom is -0.321 e. The van der Waals surface area contributed by atoms with Crippen LogP contribution in [0.1, 0.15) is 38.2 Å². The number of benzene rings is 2. The molecule has 0 N–H and O–H groups in total. The first-order chi connectivity index (χ1) is 16.1. The van der Waals surface area contributed by atoms with E-state index >= 15 is 0 Å². The van der Waals surface area contributed by atoms with E-state index in [-0.39, 0.29) is 12.6 Å². The molecule has 3 nitrogen and oxygen atoms in total. The molecule has 1 fully saturated rings. The Kier molecular flexibility index (Phi) is 7.82. The van der Waals surface area contributed by atoms with Crippen molar-refractivity contribution in [2.75, 3.05) is 26.2 Å². The summed E-state index contributed by atoms with van der Waals surface area (Å²) in [5.74, 6) is 1.66. The maximum absolute atomic E-state index is 13.5. The average molecular weight is 608 g/mol. The van der Waals surface area contributed by atoms with Gasteiger partial charge in [-0.2, -0.15) is 26.3 Å². The predicted molar refractivity (Wildman–Crippen MR) is 129 cm³/mol. The summed E-state index contributed by atoms with van der Waals surface area (Å²) in [7, 11) is 0. The number of terminal acetylenes is 1. The van der Waals surface area contributed by atoms with Gasteiger partial charge < -0.3 is 4.90 Å². The molecule has 2 aromatic rings. The van der Waals surface area contributed by atoms with Crippen LogP contribution in [0.25, 0.3) is 0 Å². The number of carbonyl (C=O) groups excluding carboxylic acids is 1. The van der Waals surface area contributed by atoms with E-state index in [1.165, 1.54) is 4.90 Å². The summed E-state index contributed by atoms with van der Waals surface area (Å²) in [6.07, 6.45) is -4.29. The number of rotatable bonds is 4. The van der Waals surface area contributed by atoms with Gasteiger partial charge in [-0.05, 0) is 48.7 Å². The summed E-state index contributed by atoms with van der Waals surface area (Å²) >= 11 is 2.07. The highest BCUT2D eigenvalue weighted by atomic mass is 127. The van der Waals surface area contributed by atoms with E-state index in [4.69, 9.17) is 6.42 Å². The number of piperazine rings is 1. The van der Waals surface area contributed by atoms with Gasteiger partial charge in [0.25, 0.3) is 5.91 Å². The number of halogens is 7. The van der Waals surface area contributed by atoms with Crippen LogP contribution in [0.4, 0.5) is 26.3 Å². The quantitative estimate of drug-likeness (QED) is 0.138. The number of amides is 1. The monoisotopic (exact) mass is 608 g/mol. The summed E-state index contributed by atoms with van der Waals surface area (Å²) in [4.78, 5) is 16.8. The van der Waals surface area contributed by atoms with E-state index in [0.29, 0.717) is 38.2 Å². The van der Waals surface area contributed by atoms with Crippen molar-refractivity contribution in [1.82, 2.24) is 9.80 Å². The largest absolute Gasteiger partial charge is 0.416 e. The molecule has 1 aliphatic rings. The summed E-state index contributed by atoms with van der Waals surface area (Å²) < 4.78 is 79.3. The maximum atomic E-state index is 13.5. The molecule has 3 rings (SSSR count). The summed E-state index contributed by atoms with van der Waals surface area (Å²) in [6, 6.07) is 6.79. The van der Waals surface area contributed by atoms with Gasteiger partial charge in [-0.15, -0.1) is 6.42 Å². The fourth-order valence-electron chi connectivity index (χ4n) is 4.11. The summed E-state index contributed by atoms with van der Waals surface area (Å²) in [5.41, 5.74) is -0.693. The molecule has 0 bridgehead atoms. The average Bonchev–Trinajstić information content (AvgIpc) is 2.74. The lowest BCUT2D eigenvalue weighted by Gasteiger charge is -2.47. The van der Waals surface area contributed by atoms with Crippen LogP contribution in [0.2, 0.25) is 0 Å². The zero-order valence-corrected chi connectivity index (χ0v) is 21.2. The van der Waals surface area contributed by atoms with Gasteiger partial charge in [-0.1, -0.05) is 46.7 Å². The van der Waals surface area contributed by atoms with Crippen LogP contribution in [0.5, 0.6) is 0 Å². The first kappa shape index (κ1) is 27.3. The third-order valence-electron chi connectivity index (χ3n) is 6.03. The molecule has 1 saturated heterocycles. The van der Waals surface area contributed by atoms with E-state index in [1.807, 2.05) is 36.9 Å². The predicted octanol–water partition coefficient (Wildman–Crippen LogP) is 6.11. The Hall–Kier alpha value is -2.26. The van der Waals surface area contributed by atoms with Crippen molar-refractivity contribution >= 4 is 28.5 Å². The van der Waals surface area contributed by atoms with Crippen LogP contribution >= 0.6 is 22.6 Å². The van der Waals surface area contributed by atoms with Crippen molar-refractivity contribution in [2.45, 2.75) is 36.2 Å². The molecule has 2 aromatic carbocycles. The molecule has 0 aromatic heterocycles. The molecule has 188 valence electrons. The molecule has 35 heavy (non-hydrogen) atoms. The van der Waals surface area contributed by atoms with E-state index in [9.17, 15) is 31.1 Å². The van der Waals surface area contributed by atoms with Gasteiger partial charge in [-0.3, -0.25) is 9.69 Å². The second kappa shape index (κ2) is 10.0. The SMILES string of the molecule is C#CCN1CCN(C(=O)c2cc(C(F)(F)F)cc(C(F)(F)F)c2)[C@@](I)(Cc2ccc(C)c(C)c2)C1. The Bertz CT molecular complexity index is 1120. The van der Waals surface area contributed by atoms with Crippen molar-refractivity contribution in [1.29, 1.82) is 0 Å². The van der Waals surface area contributed by atoms with Crippen molar-refractivity contribution in [3.05, 3.63) is 69.8 Å². The minimum absolute atomic E-state index is 0.0218. The third-order valence-corrected chi connectivity index (χ3v) is 7.34. The van der Waals surface area contributed by atoms with Crippen LogP contribution < -0.4 is 0 Å². The van der Waals surface area contributed by atoms with Gasteiger partial charge in [-0.25, -0.2) is 0 Å². The molecule has 0 saturated carbocycles. The van der Waals surface area contributed by atoms with Crippen LogP contribution in [0.15, 0.2) is 36.4 Å². The van der Waals surface area contributed by atoms with Crippen molar-refractivity contribution in [2.24, 2.45) is 0 Å². The molecule has 1 heterocycles. The number of hydrogen-bond donors (Lipinski definition) is 0. The fourth-order valence-corrected chi connectivity index (χ4v) is 5.49. The second-order valence-electron chi connectivity index (χ2n) is 8.68. The third kappa shape index (κ3) is 6.30.